The van der Waals surface area contributed by atoms with Crippen molar-refractivity contribution in [2.24, 2.45) is 0 Å². The highest BCUT2D eigenvalue weighted by Gasteiger charge is 2.23. The van der Waals surface area contributed by atoms with E-state index in [1.165, 1.54) is 5.56 Å². The lowest BCUT2D eigenvalue weighted by Gasteiger charge is -2.25. The molecule has 0 saturated carbocycles. The number of rotatable bonds is 3. The molecule has 0 radical (unpaired) electrons. The van der Waals surface area contributed by atoms with E-state index in [1.807, 2.05) is 18.2 Å². The van der Waals surface area contributed by atoms with Crippen LogP contribution in [0.25, 0.3) is 0 Å². The summed E-state index contributed by atoms with van der Waals surface area (Å²) in [6.07, 6.45) is 0.914. The SMILES string of the molecule is O=C(CC1OCCc2ccccc21)Nc1cc(Cl)ccc1Cl. The molecular weight excluding hydrogens is 321 g/mol. The zero-order valence-corrected chi connectivity index (χ0v) is 13.3. The first-order chi connectivity index (χ1) is 10.6. The number of amides is 1. The van der Waals surface area contributed by atoms with Crippen molar-refractivity contribution < 1.29 is 9.53 Å². The van der Waals surface area contributed by atoms with Crippen LogP contribution < -0.4 is 5.32 Å². The van der Waals surface area contributed by atoms with Crippen molar-refractivity contribution in [1.82, 2.24) is 0 Å². The molecule has 114 valence electrons. The predicted octanol–water partition coefficient (Wildman–Crippen LogP) is 4.64. The van der Waals surface area contributed by atoms with E-state index in [-0.39, 0.29) is 18.4 Å². The number of carbonyl (C=O) groups excluding carboxylic acids is 1. The molecule has 0 spiro atoms. The minimum absolute atomic E-state index is 0.147. The minimum Gasteiger partial charge on any atom is -0.373 e. The molecule has 3 nitrogen and oxygen atoms in total. The number of nitrogens with one attached hydrogen (secondary N) is 1. The molecule has 5 heteroatoms. The van der Waals surface area contributed by atoms with Gasteiger partial charge in [0.2, 0.25) is 5.91 Å². The van der Waals surface area contributed by atoms with Crippen LogP contribution in [0, 0.1) is 0 Å². The zero-order chi connectivity index (χ0) is 15.5. The molecule has 2 aromatic carbocycles. The normalized spacial score (nSPS) is 16.9. The summed E-state index contributed by atoms with van der Waals surface area (Å²) in [6.45, 7) is 0.632. The molecule has 1 aliphatic heterocycles. The Hall–Kier alpha value is -1.55. The lowest BCUT2D eigenvalue weighted by atomic mass is 9.95. The summed E-state index contributed by atoms with van der Waals surface area (Å²) < 4.78 is 5.75. The van der Waals surface area contributed by atoms with Gasteiger partial charge in [0.05, 0.1) is 29.8 Å². The molecule has 1 N–H and O–H groups in total. The van der Waals surface area contributed by atoms with Gasteiger partial charge in [-0.2, -0.15) is 0 Å². The maximum atomic E-state index is 12.3. The van der Waals surface area contributed by atoms with Crippen molar-refractivity contribution in [3.05, 3.63) is 63.6 Å². The van der Waals surface area contributed by atoms with E-state index in [1.54, 1.807) is 18.2 Å². The number of fused-ring (bicyclic) bond motifs is 1. The van der Waals surface area contributed by atoms with Crippen molar-refractivity contribution in [2.45, 2.75) is 18.9 Å². The van der Waals surface area contributed by atoms with E-state index in [2.05, 4.69) is 11.4 Å². The fraction of sp³-hybridized carbons (Fsp3) is 0.235. The summed E-state index contributed by atoms with van der Waals surface area (Å²) in [4.78, 5) is 12.3. The van der Waals surface area contributed by atoms with E-state index in [0.29, 0.717) is 22.3 Å². The zero-order valence-electron chi connectivity index (χ0n) is 11.8. The van der Waals surface area contributed by atoms with Crippen molar-refractivity contribution in [3.8, 4) is 0 Å². The van der Waals surface area contributed by atoms with Gasteiger partial charge in [-0.1, -0.05) is 47.5 Å². The van der Waals surface area contributed by atoms with E-state index in [0.717, 1.165) is 12.0 Å². The van der Waals surface area contributed by atoms with Gasteiger partial charge in [-0.3, -0.25) is 4.79 Å². The first-order valence-electron chi connectivity index (χ1n) is 7.08. The number of halogens is 2. The summed E-state index contributed by atoms with van der Waals surface area (Å²) in [5.74, 6) is -0.147. The summed E-state index contributed by atoms with van der Waals surface area (Å²) in [7, 11) is 0. The maximum absolute atomic E-state index is 12.3. The summed E-state index contributed by atoms with van der Waals surface area (Å²) in [5, 5.41) is 3.78. The van der Waals surface area contributed by atoms with Crippen LogP contribution in [0.15, 0.2) is 42.5 Å². The maximum Gasteiger partial charge on any atom is 0.227 e. The molecule has 1 amide bonds. The van der Waals surface area contributed by atoms with Crippen LogP contribution >= 0.6 is 23.2 Å². The van der Waals surface area contributed by atoms with Crippen LogP contribution in [-0.2, 0) is 16.0 Å². The molecule has 1 aliphatic rings. The Kier molecular flexibility index (Phi) is 4.67. The van der Waals surface area contributed by atoms with Crippen molar-refractivity contribution in [2.75, 3.05) is 11.9 Å². The van der Waals surface area contributed by atoms with E-state index in [9.17, 15) is 4.79 Å². The van der Waals surface area contributed by atoms with Gasteiger partial charge >= 0.3 is 0 Å². The first kappa shape index (κ1) is 15.3. The van der Waals surface area contributed by atoms with Gasteiger partial charge < -0.3 is 10.1 Å². The second-order valence-corrected chi connectivity index (χ2v) is 6.03. The van der Waals surface area contributed by atoms with E-state index in [4.69, 9.17) is 27.9 Å². The number of hydrogen-bond acceptors (Lipinski definition) is 2. The Labute approximate surface area is 139 Å². The lowest BCUT2D eigenvalue weighted by molar-refractivity contribution is -0.119. The monoisotopic (exact) mass is 335 g/mol. The second-order valence-electron chi connectivity index (χ2n) is 5.18. The lowest BCUT2D eigenvalue weighted by Crippen LogP contribution is -2.22. The van der Waals surface area contributed by atoms with Crippen molar-refractivity contribution in [3.63, 3.8) is 0 Å². The summed E-state index contributed by atoms with van der Waals surface area (Å²) in [6, 6.07) is 13.0. The van der Waals surface area contributed by atoms with Gasteiger partial charge in [0, 0.05) is 5.02 Å². The van der Waals surface area contributed by atoms with Gasteiger partial charge in [0.15, 0.2) is 0 Å². The molecule has 0 fully saturated rings. The smallest absolute Gasteiger partial charge is 0.227 e. The number of ether oxygens (including phenoxy) is 1. The van der Waals surface area contributed by atoms with Crippen LogP contribution in [0.2, 0.25) is 10.0 Å². The van der Waals surface area contributed by atoms with Gasteiger partial charge in [-0.15, -0.1) is 0 Å². The summed E-state index contributed by atoms with van der Waals surface area (Å²) >= 11 is 12.0. The Morgan fingerprint density at radius 1 is 1.23 bits per heavy atom. The highest BCUT2D eigenvalue weighted by Crippen LogP contribution is 2.31. The van der Waals surface area contributed by atoms with Gasteiger partial charge in [-0.25, -0.2) is 0 Å². The Bertz CT molecular complexity index is 703. The molecule has 0 aliphatic carbocycles. The number of carbonyl (C=O) groups is 1. The van der Waals surface area contributed by atoms with Crippen LogP contribution in [0.4, 0.5) is 5.69 Å². The van der Waals surface area contributed by atoms with E-state index < -0.39 is 0 Å². The van der Waals surface area contributed by atoms with Crippen LogP contribution in [0.1, 0.15) is 23.7 Å². The minimum atomic E-state index is -0.220. The quantitative estimate of drug-likeness (QED) is 0.887. The molecule has 1 atom stereocenters. The molecule has 1 heterocycles. The topological polar surface area (TPSA) is 38.3 Å². The Balaban J connectivity index is 1.72. The summed E-state index contributed by atoms with van der Waals surface area (Å²) in [5.41, 5.74) is 2.84. The fourth-order valence-electron chi connectivity index (χ4n) is 2.61. The van der Waals surface area contributed by atoms with E-state index >= 15 is 0 Å². The predicted molar refractivity (Wildman–Crippen MR) is 88.5 cm³/mol. The van der Waals surface area contributed by atoms with Crippen LogP contribution in [0.5, 0.6) is 0 Å². The fourth-order valence-corrected chi connectivity index (χ4v) is 2.95. The third kappa shape index (κ3) is 3.43. The molecule has 3 rings (SSSR count). The van der Waals surface area contributed by atoms with Gasteiger partial charge in [0.1, 0.15) is 0 Å². The van der Waals surface area contributed by atoms with Gasteiger partial charge in [0.25, 0.3) is 0 Å². The highest BCUT2D eigenvalue weighted by atomic mass is 35.5. The molecule has 0 saturated heterocycles. The first-order valence-corrected chi connectivity index (χ1v) is 7.83. The number of anilines is 1. The number of hydrogen-bond donors (Lipinski definition) is 1. The van der Waals surface area contributed by atoms with Crippen LogP contribution in [0.3, 0.4) is 0 Å². The second kappa shape index (κ2) is 6.69. The highest BCUT2D eigenvalue weighted by molar-refractivity contribution is 6.35. The molecular formula is C17H15Cl2NO2. The molecule has 2 aromatic rings. The third-order valence-corrected chi connectivity index (χ3v) is 4.23. The van der Waals surface area contributed by atoms with Gasteiger partial charge in [-0.05, 0) is 35.7 Å². The Morgan fingerprint density at radius 2 is 2.05 bits per heavy atom. The average molecular weight is 336 g/mol. The average Bonchev–Trinajstić information content (AvgIpc) is 2.51. The Morgan fingerprint density at radius 3 is 2.91 bits per heavy atom. The number of benzene rings is 2. The molecule has 1 unspecified atom stereocenters. The largest absolute Gasteiger partial charge is 0.373 e. The molecule has 22 heavy (non-hydrogen) atoms. The third-order valence-electron chi connectivity index (χ3n) is 3.67. The molecule has 0 bridgehead atoms. The molecule has 0 aromatic heterocycles. The van der Waals surface area contributed by atoms with Crippen LogP contribution in [-0.4, -0.2) is 12.5 Å². The van der Waals surface area contributed by atoms with Crippen molar-refractivity contribution >= 4 is 34.8 Å². The van der Waals surface area contributed by atoms with Crippen molar-refractivity contribution in [1.29, 1.82) is 0 Å². The standard InChI is InChI=1S/C17H15Cl2NO2/c18-12-5-6-14(19)15(9-12)20-17(21)10-16-13-4-2-1-3-11(13)7-8-22-16/h1-6,9,16H,7-8,10H2,(H,20,21).